The molecule has 2 aromatic rings. The van der Waals surface area contributed by atoms with E-state index in [4.69, 9.17) is 25.8 Å². The summed E-state index contributed by atoms with van der Waals surface area (Å²) in [5.74, 6) is 1.02. The second kappa shape index (κ2) is 10.6. The summed E-state index contributed by atoms with van der Waals surface area (Å²) in [4.78, 5) is 24.3. The minimum atomic E-state index is -0.364. The van der Waals surface area contributed by atoms with Gasteiger partial charge in [0.15, 0.2) is 23.9 Å². The van der Waals surface area contributed by atoms with Crippen molar-refractivity contribution in [1.29, 1.82) is 0 Å². The van der Waals surface area contributed by atoms with Gasteiger partial charge in [-0.3, -0.25) is 9.59 Å². The van der Waals surface area contributed by atoms with E-state index >= 15 is 0 Å². The maximum Gasteiger partial charge on any atom is 0.262 e. The largest absolute Gasteiger partial charge is 0.490 e. The Morgan fingerprint density at radius 1 is 0.893 bits per heavy atom. The fourth-order valence-corrected chi connectivity index (χ4v) is 2.68. The van der Waals surface area contributed by atoms with E-state index in [1.165, 1.54) is 0 Å². The zero-order valence-corrected chi connectivity index (χ0v) is 17.0. The lowest BCUT2D eigenvalue weighted by atomic mass is 10.1. The molecule has 0 saturated carbocycles. The van der Waals surface area contributed by atoms with E-state index in [1.54, 1.807) is 43.3 Å². The van der Waals surface area contributed by atoms with Gasteiger partial charge < -0.3 is 19.5 Å². The molecule has 0 fully saturated rings. The number of hydrogen-bond acceptors (Lipinski definition) is 5. The van der Waals surface area contributed by atoms with Crippen LogP contribution in [0.2, 0.25) is 5.02 Å². The summed E-state index contributed by atoms with van der Waals surface area (Å²) in [6.45, 7) is 6.25. The van der Waals surface area contributed by atoms with Crippen molar-refractivity contribution >= 4 is 29.0 Å². The van der Waals surface area contributed by atoms with Crippen LogP contribution >= 0.6 is 11.6 Å². The van der Waals surface area contributed by atoms with E-state index in [0.29, 0.717) is 53.2 Å². The molecule has 28 heavy (non-hydrogen) atoms. The van der Waals surface area contributed by atoms with Gasteiger partial charge in [-0.1, -0.05) is 18.5 Å². The van der Waals surface area contributed by atoms with Gasteiger partial charge in [-0.05, 0) is 44.2 Å². The first-order valence-corrected chi connectivity index (χ1v) is 9.51. The number of rotatable bonds is 10. The minimum Gasteiger partial charge on any atom is -0.490 e. The highest BCUT2D eigenvalue weighted by molar-refractivity contribution is 6.31. The summed E-state index contributed by atoms with van der Waals surface area (Å²) in [5, 5.41) is 3.18. The van der Waals surface area contributed by atoms with Crippen molar-refractivity contribution in [3.8, 4) is 17.2 Å². The van der Waals surface area contributed by atoms with Crippen molar-refractivity contribution in [3.05, 3.63) is 47.0 Å². The highest BCUT2D eigenvalue weighted by Gasteiger charge is 2.14. The summed E-state index contributed by atoms with van der Waals surface area (Å²) in [6, 6.07) is 9.90. The molecule has 6 nitrogen and oxygen atoms in total. The average Bonchev–Trinajstić information content (AvgIpc) is 2.68. The van der Waals surface area contributed by atoms with Gasteiger partial charge in [0.2, 0.25) is 0 Å². The minimum absolute atomic E-state index is 0.106. The molecule has 2 aromatic carbocycles. The zero-order chi connectivity index (χ0) is 20.5. The third-order valence-electron chi connectivity index (χ3n) is 3.75. The molecular weight excluding hydrogens is 382 g/mol. The molecule has 0 aliphatic carbocycles. The van der Waals surface area contributed by atoms with E-state index in [2.05, 4.69) is 5.32 Å². The molecule has 0 radical (unpaired) electrons. The number of nitrogens with one attached hydrogen (secondary N) is 1. The normalized spacial score (nSPS) is 10.3. The van der Waals surface area contributed by atoms with Crippen molar-refractivity contribution < 1.29 is 23.8 Å². The molecular formula is C21H24ClNO5. The number of benzene rings is 2. The quantitative estimate of drug-likeness (QED) is 0.577. The number of carbonyl (C=O) groups is 2. The second-order valence-electron chi connectivity index (χ2n) is 5.78. The monoisotopic (exact) mass is 405 g/mol. The number of amides is 1. The molecule has 7 heteroatoms. The van der Waals surface area contributed by atoms with Gasteiger partial charge in [0.25, 0.3) is 5.91 Å². The molecule has 1 N–H and O–H groups in total. The Bertz CT molecular complexity index is 838. The highest BCUT2D eigenvalue weighted by atomic mass is 35.5. The molecule has 1 amide bonds. The maximum atomic E-state index is 12.3. The Labute approximate surface area is 169 Å². The number of halogens is 1. The Morgan fingerprint density at radius 3 is 2.25 bits per heavy atom. The molecule has 0 aromatic heterocycles. The first-order valence-electron chi connectivity index (χ1n) is 9.13. The third kappa shape index (κ3) is 5.89. The van der Waals surface area contributed by atoms with Crippen LogP contribution in [0.25, 0.3) is 0 Å². The van der Waals surface area contributed by atoms with Gasteiger partial charge in [0.05, 0.1) is 18.8 Å². The molecule has 0 atom stereocenters. The Hall–Kier alpha value is -2.73. The van der Waals surface area contributed by atoms with Crippen LogP contribution < -0.4 is 19.5 Å². The third-order valence-corrected chi connectivity index (χ3v) is 3.98. The standard InChI is InChI=1S/C21H24ClNO5/c1-4-17(24)16-11-14(22)7-9-18(16)28-13-21(25)23-15-8-10-19(26-5-2)20(12-15)27-6-3/h7-12H,4-6,13H2,1-3H3,(H,23,25). The lowest BCUT2D eigenvalue weighted by molar-refractivity contribution is -0.118. The van der Waals surface area contributed by atoms with Gasteiger partial charge in [-0.15, -0.1) is 0 Å². The van der Waals surface area contributed by atoms with Gasteiger partial charge in [-0.2, -0.15) is 0 Å². The topological polar surface area (TPSA) is 73.9 Å². The maximum absolute atomic E-state index is 12.3. The summed E-state index contributed by atoms with van der Waals surface area (Å²) in [7, 11) is 0. The number of hydrogen-bond donors (Lipinski definition) is 1. The molecule has 0 spiro atoms. The van der Waals surface area contributed by atoms with Crippen LogP contribution in [-0.4, -0.2) is 31.5 Å². The fourth-order valence-electron chi connectivity index (χ4n) is 2.51. The SMILES string of the molecule is CCOc1ccc(NC(=O)COc2ccc(Cl)cc2C(=O)CC)cc1OCC. The number of ketones is 1. The molecule has 0 aliphatic heterocycles. The zero-order valence-electron chi connectivity index (χ0n) is 16.2. The summed E-state index contributed by atoms with van der Waals surface area (Å²) < 4.78 is 16.6. The van der Waals surface area contributed by atoms with Crippen molar-refractivity contribution in [2.24, 2.45) is 0 Å². The van der Waals surface area contributed by atoms with Crippen molar-refractivity contribution in [2.75, 3.05) is 25.1 Å². The lowest BCUT2D eigenvalue weighted by Gasteiger charge is -2.14. The predicted octanol–water partition coefficient (Wildman–Crippen LogP) is 4.75. The highest BCUT2D eigenvalue weighted by Crippen LogP contribution is 2.30. The number of ether oxygens (including phenoxy) is 3. The van der Waals surface area contributed by atoms with E-state index in [-0.39, 0.29) is 18.3 Å². The molecule has 150 valence electrons. The second-order valence-corrected chi connectivity index (χ2v) is 6.22. The summed E-state index contributed by atoms with van der Waals surface area (Å²) in [6.07, 6.45) is 0.315. The van der Waals surface area contributed by atoms with Crippen LogP contribution in [0.3, 0.4) is 0 Å². The van der Waals surface area contributed by atoms with E-state index < -0.39 is 0 Å². The summed E-state index contributed by atoms with van der Waals surface area (Å²) in [5.41, 5.74) is 0.920. The van der Waals surface area contributed by atoms with Gasteiger partial charge in [-0.25, -0.2) is 0 Å². The molecule has 0 bridgehead atoms. The van der Waals surface area contributed by atoms with E-state index in [0.717, 1.165) is 0 Å². The Balaban J connectivity index is 2.05. The number of carbonyl (C=O) groups excluding carboxylic acids is 2. The molecule has 2 rings (SSSR count). The van der Waals surface area contributed by atoms with Crippen molar-refractivity contribution in [1.82, 2.24) is 0 Å². The van der Waals surface area contributed by atoms with E-state index in [9.17, 15) is 9.59 Å². The molecule has 0 unspecified atom stereocenters. The summed E-state index contributed by atoms with van der Waals surface area (Å²) >= 11 is 5.95. The van der Waals surface area contributed by atoms with Crippen molar-refractivity contribution in [2.45, 2.75) is 27.2 Å². The smallest absolute Gasteiger partial charge is 0.262 e. The number of Topliss-reactive ketones (excluding diaryl/α,β-unsaturated/α-hetero) is 1. The fraction of sp³-hybridized carbons (Fsp3) is 0.333. The Kier molecular flexibility index (Phi) is 8.14. The van der Waals surface area contributed by atoms with Crippen molar-refractivity contribution in [3.63, 3.8) is 0 Å². The van der Waals surface area contributed by atoms with Gasteiger partial charge >= 0.3 is 0 Å². The van der Waals surface area contributed by atoms with Crippen LogP contribution in [0, 0.1) is 0 Å². The predicted molar refractivity (Wildman–Crippen MR) is 109 cm³/mol. The van der Waals surface area contributed by atoms with E-state index in [1.807, 2.05) is 13.8 Å². The van der Waals surface area contributed by atoms with Crippen LogP contribution in [-0.2, 0) is 4.79 Å². The van der Waals surface area contributed by atoms with Crippen LogP contribution in [0.1, 0.15) is 37.6 Å². The number of anilines is 1. The molecule has 0 saturated heterocycles. The first-order chi connectivity index (χ1) is 13.5. The molecule has 0 heterocycles. The van der Waals surface area contributed by atoms with Gasteiger partial charge in [0.1, 0.15) is 5.75 Å². The first kappa shape index (κ1) is 21.6. The Morgan fingerprint density at radius 2 is 1.57 bits per heavy atom. The van der Waals surface area contributed by atoms with Crippen LogP contribution in [0.4, 0.5) is 5.69 Å². The molecule has 0 aliphatic rings. The van der Waals surface area contributed by atoms with Crippen LogP contribution in [0.15, 0.2) is 36.4 Å². The average molecular weight is 406 g/mol. The van der Waals surface area contributed by atoms with Crippen LogP contribution in [0.5, 0.6) is 17.2 Å². The lowest BCUT2D eigenvalue weighted by Crippen LogP contribution is -2.21. The van der Waals surface area contributed by atoms with Gasteiger partial charge in [0, 0.05) is 23.2 Å².